The predicted octanol–water partition coefficient (Wildman–Crippen LogP) is 6.65. The fraction of sp³-hybridized carbons (Fsp3) is 0.111. The van der Waals surface area contributed by atoms with Gasteiger partial charge in [0.25, 0.3) is 0 Å². The van der Waals surface area contributed by atoms with E-state index >= 15 is 0 Å². The van der Waals surface area contributed by atoms with E-state index in [0.29, 0.717) is 26.9 Å². The number of pyridine rings is 1. The number of nitriles is 1. The van der Waals surface area contributed by atoms with Crippen LogP contribution in [0, 0.1) is 11.3 Å². The van der Waals surface area contributed by atoms with Gasteiger partial charge in [-0.2, -0.15) is 5.26 Å². The van der Waals surface area contributed by atoms with Crippen molar-refractivity contribution >= 4 is 33.2 Å². The fourth-order valence-corrected chi connectivity index (χ4v) is 6.48. The monoisotopic (exact) mass is 504 g/mol. The number of thioether (sulfide) groups is 1. The molecule has 0 radical (unpaired) electrons. The van der Waals surface area contributed by atoms with Crippen LogP contribution in [0.25, 0.3) is 22.4 Å². The van der Waals surface area contributed by atoms with Gasteiger partial charge in [-0.1, -0.05) is 84.4 Å². The van der Waals surface area contributed by atoms with Gasteiger partial charge in [-0.05, 0) is 29.3 Å². The first kappa shape index (κ1) is 24.0. The van der Waals surface area contributed by atoms with Crippen LogP contribution in [-0.2, 0) is 15.6 Å². The first-order valence-electron chi connectivity index (χ1n) is 10.6. The van der Waals surface area contributed by atoms with Crippen molar-refractivity contribution in [3.8, 4) is 28.5 Å². The van der Waals surface area contributed by atoms with Crippen LogP contribution in [0.15, 0.2) is 96.0 Å². The van der Waals surface area contributed by atoms with Crippen molar-refractivity contribution in [2.75, 3.05) is 11.5 Å². The molecule has 0 amide bonds. The molecule has 0 spiro atoms. The summed E-state index contributed by atoms with van der Waals surface area (Å²) in [7, 11) is -3.34. The molecule has 3 aromatic carbocycles. The normalized spacial score (nSPS) is 11.2. The zero-order chi connectivity index (χ0) is 24.0. The summed E-state index contributed by atoms with van der Waals surface area (Å²) in [5, 5.41) is 11.1. The van der Waals surface area contributed by atoms with Crippen molar-refractivity contribution in [2.24, 2.45) is 0 Å². The molecule has 0 bridgehead atoms. The molecule has 170 valence electrons. The zero-order valence-electron chi connectivity index (χ0n) is 18.2. The molecule has 4 aromatic rings. The molecule has 0 aliphatic carbocycles. The van der Waals surface area contributed by atoms with Gasteiger partial charge in [0.1, 0.15) is 11.1 Å². The minimum Gasteiger partial charge on any atom is -0.240 e. The van der Waals surface area contributed by atoms with Crippen LogP contribution in [0.2, 0.25) is 5.02 Å². The Labute approximate surface area is 209 Å². The van der Waals surface area contributed by atoms with E-state index in [1.54, 1.807) is 24.3 Å². The molecule has 0 N–H and O–H groups in total. The summed E-state index contributed by atoms with van der Waals surface area (Å²) in [5.41, 5.74) is 4.51. The summed E-state index contributed by atoms with van der Waals surface area (Å²) in [6.07, 6.45) is 0. The predicted molar refractivity (Wildman–Crippen MR) is 139 cm³/mol. The highest BCUT2D eigenvalue weighted by Gasteiger charge is 2.18. The van der Waals surface area contributed by atoms with Gasteiger partial charge >= 0.3 is 0 Å². The summed E-state index contributed by atoms with van der Waals surface area (Å²) in [6, 6.07) is 30.5. The van der Waals surface area contributed by atoms with Gasteiger partial charge in [0.2, 0.25) is 0 Å². The first-order chi connectivity index (χ1) is 16.4. The van der Waals surface area contributed by atoms with Crippen LogP contribution in [0.4, 0.5) is 0 Å². The quantitative estimate of drug-likeness (QED) is 0.251. The number of rotatable bonds is 8. The average molecular weight is 505 g/mol. The molecule has 0 saturated carbocycles. The van der Waals surface area contributed by atoms with Gasteiger partial charge in [0, 0.05) is 21.9 Å². The topological polar surface area (TPSA) is 70.8 Å². The number of benzene rings is 3. The van der Waals surface area contributed by atoms with Crippen LogP contribution in [0.3, 0.4) is 0 Å². The second-order valence-electron chi connectivity index (χ2n) is 7.65. The third kappa shape index (κ3) is 6.06. The van der Waals surface area contributed by atoms with Gasteiger partial charge in [-0.3, -0.25) is 0 Å². The molecule has 1 aromatic heterocycles. The van der Waals surface area contributed by atoms with E-state index in [2.05, 4.69) is 6.07 Å². The van der Waals surface area contributed by atoms with E-state index in [9.17, 15) is 13.7 Å². The van der Waals surface area contributed by atoms with E-state index < -0.39 is 9.84 Å². The third-order valence-electron chi connectivity index (χ3n) is 5.19. The fourth-order valence-electron chi connectivity index (χ4n) is 3.51. The molecule has 7 heteroatoms. The van der Waals surface area contributed by atoms with Gasteiger partial charge < -0.3 is 0 Å². The van der Waals surface area contributed by atoms with Crippen molar-refractivity contribution in [1.29, 1.82) is 5.26 Å². The molecule has 0 saturated heterocycles. The molecule has 0 aliphatic heterocycles. The molecule has 0 unspecified atom stereocenters. The van der Waals surface area contributed by atoms with Crippen molar-refractivity contribution in [3.63, 3.8) is 0 Å². The summed E-state index contributed by atoms with van der Waals surface area (Å²) < 4.78 is 25.3. The molecule has 0 atom stereocenters. The largest absolute Gasteiger partial charge is 0.240 e. The number of sulfone groups is 1. The highest BCUT2D eigenvalue weighted by Crippen LogP contribution is 2.34. The second-order valence-corrected chi connectivity index (χ2v) is 11.4. The Morgan fingerprint density at radius 3 is 2.12 bits per heavy atom. The van der Waals surface area contributed by atoms with Crippen LogP contribution in [0.1, 0.15) is 11.1 Å². The lowest BCUT2D eigenvalue weighted by molar-refractivity contribution is 0.597. The Morgan fingerprint density at radius 1 is 0.882 bits per heavy atom. The number of aromatic nitrogens is 1. The van der Waals surface area contributed by atoms with Crippen LogP contribution in [-0.4, -0.2) is 24.9 Å². The van der Waals surface area contributed by atoms with E-state index in [1.807, 2.05) is 66.7 Å². The minimum absolute atomic E-state index is 0.0247. The van der Waals surface area contributed by atoms with E-state index in [-0.39, 0.29) is 11.5 Å². The van der Waals surface area contributed by atoms with Crippen LogP contribution >= 0.6 is 23.4 Å². The molecular weight excluding hydrogens is 484 g/mol. The Balaban J connectivity index is 1.61. The molecule has 4 rings (SSSR count). The maximum Gasteiger partial charge on any atom is 0.155 e. The molecular formula is C27H21ClN2O2S2. The summed E-state index contributed by atoms with van der Waals surface area (Å²) >= 11 is 7.19. The van der Waals surface area contributed by atoms with Crippen molar-refractivity contribution in [1.82, 2.24) is 4.98 Å². The lowest BCUT2D eigenvalue weighted by atomic mass is 9.99. The standard InChI is InChI=1S/C27H21ClN2O2S2/c28-23-13-11-20(12-14-23)19-34(31,32)16-15-33-27-25(18-29)24(21-7-3-1-4-8-21)17-26(30-27)22-9-5-2-6-10-22/h1-14,17H,15-16,19H2. The van der Waals surface area contributed by atoms with Gasteiger partial charge in [-0.15, -0.1) is 11.8 Å². The SMILES string of the molecule is N#Cc1c(-c2ccccc2)cc(-c2ccccc2)nc1SCCS(=O)(=O)Cc1ccc(Cl)cc1. The van der Waals surface area contributed by atoms with Crippen molar-refractivity contribution in [3.05, 3.63) is 107 Å². The van der Waals surface area contributed by atoms with Crippen LogP contribution in [0.5, 0.6) is 0 Å². The zero-order valence-corrected chi connectivity index (χ0v) is 20.6. The highest BCUT2D eigenvalue weighted by atomic mass is 35.5. The smallest absolute Gasteiger partial charge is 0.155 e. The average Bonchev–Trinajstić information content (AvgIpc) is 2.86. The van der Waals surface area contributed by atoms with Gasteiger partial charge in [0.15, 0.2) is 9.84 Å². The number of hydrogen-bond donors (Lipinski definition) is 0. The van der Waals surface area contributed by atoms with Crippen LogP contribution < -0.4 is 0 Å². The molecule has 4 nitrogen and oxygen atoms in total. The molecule has 0 fully saturated rings. The highest BCUT2D eigenvalue weighted by molar-refractivity contribution is 8.00. The summed E-state index contributed by atoms with van der Waals surface area (Å²) in [5.74, 6) is 0.218. The Hall–Kier alpha value is -3.11. The van der Waals surface area contributed by atoms with E-state index in [1.165, 1.54) is 11.8 Å². The second kappa shape index (κ2) is 10.9. The maximum absolute atomic E-state index is 12.7. The minimum atomic E-state index is -3.34. The lowest BCUT2D eigenvalue weighted by Crippen LogP contribution is -2.11. The van der Waals surface area contributed by atoms with Gasteiger partial charge in [-0.25, -0.2) is 13.4 Å². The Morgan fingerprint density at radius 2 is 1.50 bits per heavy atom. The molecule has 0 aliphatic rings. The van der Waals surface area contributed by atoms with Crippen molar-refractivity contribution < 1.29 is 8.42 Å². The summed E-state index contributed by atoms with van der Waals surface area (Å²) in [6.45, 7) is 0. The van der Waals surface area contributed by atoms with E-state index in [4.69, 9.17) is 16.6 Å². The first-order valence-corrected chi connectivity index (χ1v) is 13.8. The Kier molecular flexibility index (Phi) is 7.69. The maximum atomic E-state index is 12.7. The molecule has 34 heavy (non-hydrogen) atoms. The summed E-state index contributed by atoms with van der Waals surface area (Å²) in [4.78, 5) is 4.74. The number of halogens is 1. The molecule has 1 heterocycles. The van der Waals surface area contributed by atoms with Gasteiger partial charge in [0.05, 0.1) is 22.8 Å². The van der Waals surface area contributed by atoms with E-state index in [0.717, 1.165) is 22.4 Å². The number of nitrogens with zero attached hydrogens (tertiary/aromatic N) is 2. The lowest BCUT2D eigenvalue weighted by Gasteiger charge is -2.13. The number of hydrogen-bond acceptors (Lipinski definition) is 5. The third-order valence-corrected chi connectivity index (χ3v) is 8.27. The Bertz CT molecular complexity index is 1420. The van der Waals surface area contributed by atoms with Crippen molar-refractivity contribution in [2.45, 2.75) is 10.8 Å².